The maximum Gasteiger partial charge on any atom is 0.233 e. The summed E-state index contributed by atoms with van der Waals surface area (Å²) in [5, 5.41) is 0. The molecule has 4 nitrogen and oxygen atoms in total. The normalized spacial score (nSPS) is 14.1. The van der Waals surface area contributed by atoms with E-state index >= 15 is 0 Å². The van der Waals surface area contributed by atoms with E-state index in [4.69, 9.17) is 0 Å². The second kappa shape index (κ2) is 5.30. The molecule has 0 N–H and O–H groups in total. The smallest absolute Gasteiger partial charge is 0.233 e. The summed E-state index contributed by atoms with van der Waals surface area (Å²) in [4.78, 5) is 19.1. The van der Waals surface area contributed by atoms with Crippen molar-refractivity contribution >= 4 is 17.2 Å². The summed E-state index contributed by atoms with van der Waals surface area (Å²) in [6.07, 6.45) is 6.30. The molecule has 3 aromatic rings. The van der Waals surface area contributed by atoms with Gasteiger partial charge in [-0.1, -0.05) is 24.3 Å². The Bertz CT molecular complexity index is 804. The number of fused-ring (bicyclic) bond motifs is 2. The number of nitrogens with zero attached hydrogens (tertiary/aromatic N) is 3. The first-order valence-corrected chi connectivity index (χ1v) is 7.62. The van der Waals surface area contributed by atoms with Crippen LogP contribution in [-0.2, 0) is 17.6 Å². The number of imidazole rings is 1. The van der Waals surface area contributed by atoms with Crippen molar-refractivity contribution in [3.63, 3.8) is 0 Å². The zero-order valence-corrected chi connectivity index (χ0v) is 12.3. The first-order chi connectivity index (χ1) is 10.8. The highest BCUT2D eigenvalue weighted by Gasteiger charge is 2.22. The van der Waals surface area contributed by atoms with E-state index < -0.39 is 0 Å². The van der Waals surface area contributed by atoms with E-state index in [0.717, 1.165) is 36.4 Å². The van der Waals surface area contributed by atoms with E-state index in [9.17, 15) is 4.79 Å². The molecule has 4 heteroatoms. The van der Waals surface area contributed by atoms with E-state index in [1.165, 1.54) is 5.56 Å². The SMILES string of the molecule is O=C(Cc1cn2ccccc2n1)N1CCCc2ccccc21. The van der Waals surface area contributed by atoms with Gasteiger partial charge in [-0.25, -0.2) is 4.98 Å². The summed E-state index contributed by atoms with van der Waals surface area (Å²) in [6.45, 7) is 0.795. The van der Waals surface area contributed by atoms with E-state index in [1.807, 2.05) is 58.1 Å². The molecule has 0 radical (unpaired) electrons. The molecule has 0 spiro atoms. The van der Waals surface area contributed by atoms with E-state index in [0.29, 0.717) is 6.42 Å². The zero-order chi connectivity index (χ0) is 14.9. The maximum atomic E-state index is 12.7. The van der Waals surface area contributed by atoms with Gasteiger partial charge in [-0.05, 0) is 36.6 Å². The number of aromatic nitrogens is 2. The van der Waals surface area contributed by atoms with Crippen LogP contribution in [0.15, 0.2) is 54.9 Å². The van der Waals surface area contributed by atoms with Gasteiger partial charge < -0.3 is 9.30 Å². The molecule has 0 fully saturated rings. The molecular formula is C18H17N3O. The Morgan fingerprint density at radius 3 is 2.91 bits per heavy atom. The van der Waals surface area contributed by atoms with Crippen LogP contribution in [0.2, 0.25) is 0 Å². The summed E-state index contributed by atoms with van der Waals surface area (Å²) in [5.74, 6) is 0.121. The minimum atomic E-state index is 0.121. The molecule has 3 heterocycles. The summed E-state index contributed by atoms with van der Waals surface area (Å²) in [6, 6.07) is 14.0. The Morgan fingerprint density at radius 1 is 1.14 bits per heavy atom. The van der Waals surface area contributed by atoms with Gasteiger partial charge in [0, 0.05) is 24.6 Å². The fraction of sp³-hybridized carbons (Fsp3) is 0.222. The number of rotatable bonds is 2. The number of carbonyl (C=O) groups excluding carboxylic acids is 1. The number of para-hydroxylation sites is 1. The van der Waals surface area contributed by atoms with Crippen molar-refractivity contribution in [2.24, 2.45) is 0 Å². The quantitative estimate of drug-likeness (QED) is 0.728. The third kappa shape index (κ3) is 2.26. The van der Waals surface area contributed by atoms with Gasteiger partial charge in [0.05, 0.1) is 12.1 Å². The highest BCUT2D eigenvalue weighted by atomic mass is 16.2. The van der Waals surface area contributed by atoms with Gasteiger partial charge in [0.2, 0.25) is 5.91 Å². The Balaban J connectivity index is 1.60. The van der Waals surface area contributed by atoms with Crippen molar-refractivity contribution in [2.75, 3.05) is 11.4 Å². The van der Waals surface area contributed by atoms with E-state index in [2.05, 4.69) is 11.1 Å². The van der Waals surface area contributed by atoms with Crippen molar-refractivity contribution in [1.82, 2.24) is 9.38 Å². The fourth-order valence-corrected chi connectivity index (χ4v) is 3.12. The van der Waals surface area contributed by atoms with E-state index in [-0.39, 0.29) is 5.91 Å². The van der Waals surface area contributed by atoms with Gasteiger partial charge in [0.25, 0.3) is 0 Å². The monoisotopic (exact) mass is 291 g/mol. The number of aryl methyl sites for hydroxylation is 1. The van der Waals surface area contributed by atoms with Crippen molar-refractivity contribution in [3.05, 3.63) is 66.1 Å². The Hall–Kier alpha value is -2.62. The van der Waals surface area contributed by atoms with Gasteiger partial charge in [-0.2, -0.15) is 0 Å². The van der Waals surface area contributed by atoms with Crippen LogP contribution in [0, 0.1) is 0 Å². The number of hydrogen-bond acceptors (Lipinski definition) is 2. The number of benzene rings is 1. The second-order valence-corrected chi connectivity index (χ2v) is 5.65. The summed E-state index contributed by atoms with van der Waals surface area (Å²) < 4.78 is 1.95. The summed E-state index contributed by atoms with van der Waals surface area (Å²) in [7, 11) is 0. The molecule has 0 atom stereocenters. The highest BCUT2D eigenvalue weighted by Crippen LogP contribution is 2.27. The van der Waals surface area contributed by atoms with Crippen LogP contribution in [0.3, 0.4) is 0 Å². The molecule has 0 bridgehead atoms. The topological polar surface area (TPSA) is 37.6 Å². The Labute approximate surface area is 129 Å². The molecule has 22 heavy (non-hydrogen) atoms. The van der Waals surface area contributed by atoms with Gasteiger partial charge in [0.15, 0.2) is 0 Å². The third-order valence-electron chi connectivity index (χ3n) is 4.16. The third-order valence-corrected chi connectivity index (χ3v) is 4.16. The van der Waals surface area contributed by atoms with Crippen molar-refractivity contribution < 1.29 is 4.79 Å². The van der Waals surface area contributed by atoms with Crippen molar-refractivity contribution in [3.8, 4) is 0 Å². The highest BCUT2D eigenvalue weighted by molar-refractivity contribution is 5.95. The second-order valence-electron chi connectivity index (χ2n) is 5.65. The molecule has 1 aromatic carbocycles. The van der Waals surface area contributed by atoms with Crippen LogP contribution >= 0.6 is 0 Å². The van der Waals surface area contributed by atoms with Gasteiger partial charge >= 0.3 is 0 Å². The van der Waals surface area contributed by atoms with Crippen LogP contribution < -0.4 is 4.90 Å². The van der Waals surface area contributed by atoms with Gasteiger partial charge in [-0.3, -0.25) is 4.79 Å². The van der Waals surface area contributed by atoms with Gasteiger partial charge in [-0.15, -0.1) is 0 Å². The minimum absolute atomic E-state index is 0.121. The number of amides is 1. The predicted molar refractivity (Wildman–Crippen MR) is 86.0 cm³/mol. The first-order valence-electron chi connectivity index (χ1n) is 7.62. The molecule has 0 saturated heterocycles. The summed E-state index contributed by atoms with van der Waals surface area (Å²) in [5.41, 5.74) is 4.02. The minimum Gasteiger partial charge on any atom is -0.312 e. The van der Waals surface area contributed by atoms with Crippen LogP contribution in [0.4, 0.5) is 5.69 Å². The molecule has 0 saturated carbocycles. The molecule has 0 aliphatic carbocycles. The van der Waals surface area contributed by atoms with E-state index in [1.54, 1.807) is 0 Å². The lowest BCUT2D eigenvalue weighted by atomic mass is 10.0. The van der Waals surface area contributed by atoms with Crippen molar-refractivity contribution in [2.45, 2.75) is 19.3 Å². The molecule has 1 aliphatic heterocycles. The average molecular weight is 291 g/mol. The van der Waals surface area contributed by atoms with Crippen LogP contribution in [0.1, 0.15) is 17.7 Å². The van der Waals surface area contributed by atoms with Crippen LogP contribution in [0.25, 0.3) is 5.65 Å². The lowest BCUT2D eigenvalue weighted by molar-refractivity contribution is -0.118. The molecule has 1 aliphatic rings. The standard InChI is InChI=1S/C18H17N3O/c22-18(12-15-13-20-10-4-3-9-17(20)19-15)21-11-5-7-14-6-1-2-8-16(14)21/h1-4,6,8-10,13H,5,7,11-12H2. The van der Waals surface area contributed by atoms with Crippen molar-refractivity contribution in [1.29, 1.82) is 0 Å². The molecule has 2 aromatic heterocycles. The average Bonchev–Trinajstić information content (AvgIpc) is 2.96. The van der Waals surface area contributed by atoms with Crippen LogP contribution in [0.5, 0.6) is 0 Å². The Morgan fingerprint density at radius 2 is 2.00 bits per heavy atom. The molecule has 1 amide bonds. The molecule has 110 valence electrons. The van der Waals surface area contributed by atoms with Crippen LogP contribution in [-0.4, -0.2) is 21.8 Å². The Kier molecular flexibility index (Phi) is 3.15. The zero-order valence-electron chi connectivity index (χ0n) is 12.3. The lowest BCUT2D eigenvalue weighted by Gasteiger charge is -2.29. The number of pyridine rings is 1. The summed E-state index contributed by atoms with van der Waals surface area (Å²) >= 11 is 0. The fourth-order valence-electron chi connectivity index (χ4n) is 3.12. The number of anilines is 1. The number of carbonyl (C=O) groups is 1. The number of hydrogen-bond donors (Lipinski definition) is 0. The maximum absolute atomic E-state index is 12.7. The molecule has 4 rings (SSSR count). The molecule has 0 unspecified atom stereocenters. The predicted octanol–water partition coefficient (Wildman–Crippen LogP) is 2.86. The van der Waals surface area contributed by atoms with Gasteiger partial charge in [0.1, 0.15) is 5.65 Å². The lowest BCUT2D eigenvalue weighted by Crippen LogP contribution is -2.36. The first kappa shape index (κ1) is 13.1. The molecular weight excluding hydrogens is 274 g/mol. The largest absolute Gasteiger partial charge is 0.312 e.